The zero-order valence-electron chi connectivity index (χ0n) is 9.06. The molecule has 0 saturated heterocycles. The van der Waals surface area contributed by atoms with E-state index in [2.05, 4.69) is 0 Å². The Kier molecular flexibility index (Phi) is 6.51. The zero-order chi connectivity index (χ0) is 10.8. The molecule has 15 heavy (non-hydrogen) atoms. The molecule has 1 aromatic carbocycles. The van der Waals surface area contributed by atoms with Crippen molar-refractivity contribution in [2.45, 2.75) is 13.8 Å². The molecule has 0 bridgehead atoms. The summed E-state index contributed by atoms with van der Waals surface area (Å²) in [5.41, 5.74) is -0.0606. The predicted octanol–water partition coefficient (Wildman–Crippen LogP) is -0.548. The van der Waals surface area contributed by atoms with E-state index in [1.807, 2.05) is 0 Å². The molecule has 0 fully saturated rings. The van der Waals surface area contributed by atoms with E-state index >= 15 is 0 Å². The maximum atomic E-state index is 12.5. The summed E-state index contributed by atoms with van der Waals surface area (Å²) in [7, 11) is 0. The van der Waals surface area contributed by atoms with E-state index in [1.165, 1.54) is 6.07 Å². The van der Waals surface area contributed by atoms with Crippen LogP contribution in [0.2, 0.25) is 0 Å². The Balaban J connectivity index is 0.00000196. The van der Waals surface area contributed by atoms with Crippen LogP contribution in [0, 0.1) is 6.92 Å². The van der Waals surface area contributed by atoms with Crippen LogP contribution in [0.15, 0.2) is 18.2 Å². The molecule has 78 valence electrons. The van der Waals surface area contributed by atoms with Crippen molar-refractivity contribution >= 4 is 12.4 Å². The van der Waals surface area contributed by atoms with E-state index in [4.69, 9.17) is 4.74 Å². The van der Waals surface area contributed by atoms with Crippen LogP contribution in [-0.2, 0) is 0 Å². The monoisotopic (exact) mass is 242 g/mol. The molecular weight excluding hydrogens is 231 g/mol. The third-order valence-electron chi connectivity index (χ3n) is 1.82. The minimum atomic E-state index is -4.99. The van der Waals surface area contributed by atoms with Gasteiger partial charge in [0.2, 0.25) is 0 Å². The summed E-state index contributed by atoms with van der Waals surface area (Å²) in [6, 6.07) is 4.09. The summed E-state index contributed by atoms with van der Waals surface area (Å²) in [6.45, 7) is -1.47. The molecule has 0 aromatic heterocycles. The van der Waals surface area contributed by atoms with E-state index in [0.29, 0.717) is 5.56 Å². The second kappa shape index (κ2) is 6.30. The van der Waals surface area contributed by atoms with Gasteiger partial charge in [0.05, 0.1) is 12.4 Å². The molecule has 0 unspecified atom stereocenters. The predicted molar refractivity (Wildman–Crippen MR) is 51.1 cm³/mol. The molecular formula is C9H11BF3KO. The molecule has 0 spiro atoms. The zero-order valence-corrected chi connectivity index (χ0v) is 12.2. The van der Waals surface area contributed by atoms with Crippen LogP contribution in [0.5, 0.6) is 5.75 Å². The van der Waals surface area contributed by atoms with Crippen LogP contribution in [0.3, 0.4) is 0 Å². The van der Waals surface area contributed by atoms with Crippen molar-refractivity contribution in [3.8, 4) is 5.75 Å². The van der Waals surface area contributed by atoms with Gasteiger partial charge in [-0.2, -0.15) is 0 Å². The molecule has 0 saturated carbocycles. The number of ether oxygens (including phenoxy) is 1. The standard InChI is InChI=1S/C9H11BF3O.K/c1-3-14-9-5-4-7(2)6-8(9)10(11,12)13;/h4-6H,3H2,1-2H3;/q-1;+1. The van der Waals surface area contributed by atoms with Crippen LogP contribution >= 0.6 is 0 Å². The largest absolute Gasteiger partial charge is 1.00 e. The number of halogens is 3. The summed E-state index contributed by atoms with van der Waals surface area (Å²) < 4.78 is 42.5. The molecule has 0 aliphatic heterocycles. The Morgan fingerprint density at radius 3 is 2.33 bits per heavy atom. The Morgan fingerprint density at radius 1 is 1.27 bits per heavy atom. The van der Waals surface area contributed by atoms with Gasteiger partial charge in [-0.3, -0.25) is 0 Å². The molecule has 0 aliphatic carbocycles. The molecule has 6 heteroatoms. The van der Waals surface area contributed by atoms with Crippen molar-refractivity contribution in [3.63, 3.8) is 0 Å². The van der Waals surface area contributed by atoms with Crippen LogP contribution in [0.4, 0.5) is 12.9 Å². The van der Waals surface area contributed by atoms with E-state index in [9.17, 15) is 12.9 Å². The van der Waals surface area contributed by atoms with Gasteiger partial charge in [0.25, 0.3) is 0 Å². The van der Waals surface area contributed by atoms with Gasteiger partial charge in [0.1, 0.15) is 0 Å². The van der Waals surface area contributed by atoms with Gasteiger partial charge in [0.15, 0.2) is 0 Å². The van der Waals surface area contributed by atoms with Crippen molar-refractivity contribution in [3.05, 3.63) is 23.8 Å². The van der Waals surface area contributed by atoms with Crippen molar-refractivity contribution in [2.24, 2.45) is 0 Å². The summed E-state index contributed by atoms with van der Waals surface area (Å²) in [4.78, 5) is 0. The fourth-order valence-corrected chi connectivity index (χ4v) is 1.21. The Hall–Kier alpha value is 0.511. The molecule has 0 heterocycles. The fraction of sp³-hybridized carbons (Fsp3) is 0.333. The molecule has 0 atom stereocenters. The van der Waals surface area contributed by atoms with Gasteiger partial charge in [-0.05, 0) is 19.9 Å². The first-order valence-electron chi connectivity index (χ1n) is 4.38. The van der Waals surface area contributed by atoms with Crippen LogP contribution < -0.4 is 61.6 Å². The average Bonchev–Trinajstić information content (AvgIpc) is 2.07. The van der Waals surface area contributed by atoms with Gasteiger partial charge >= 0.3 is 58.4 Å². The van der Waals surface area contributed by atoms with Gasteiger partial charge in [-0.1, -0.05) is 23.2 Å². The molecule has 1 nitrogen and oxygen atoms in total. The Labute approximate surface area is 130 Å². The molecule has 0 aliphatic rings. The SMILES string of the molecule is CCOc1ccc(C)cc1[B-](F)(F)F.[K+]. The third-order valence-corrected chi connectivity index (χ3v) is 1.82. The summed E-state index contributed by atoms with van der Waals surface area (Å²) in [6.07, 6.45) is 0. The van der Waals surface area contributed by atoms with Crippen LogP contribution in [-0.4, -0.2) is 13.6 Å². The van der Waals surface area contributed by atoms with E-state index in [0.717, 1.165) is 6.07 Å². The smallest absolute Gasteiger partial charge is 0.497 e. The summed E-state index contributed by atoms with van der Waals surface area (Å²) >= 11 is 0. The fourth-order valence-electron chi connectivity index (χ4n) is 1.21. The van der Waals surface area contributed by atoms with Crippen molar-refractivity contribution in [1.82, 2.24) is 0 Å². The number of aryl methyl sites for hydroxylation is 1. The van der Waals surface area contributed by atoms with Crippen LogP contribution in [0.25, 0.3) is 0 Å². The van der Waals surface area contributed by atoms with E-state index < -0.39 is 12.4 Å². The first-order chi connectivity index (χ1) is 6.45. The topological polar surface area (TPSA) is 9.23 Å². The Bertz CT molecular complexity index is 328. The van der Waals surface area contributed by atoms with E-state index in [-0.39, 0.29) is 63.7 Å². The van der Waals surface area contributed by atoms with E-state index in [1.54, 1.807) is 19.9 Å². The number of benzene rings is 1. The van der Waals surface area contributed by atoms with Gasteiger partial charge in [-0.15, -0.1) is 0 Å². The Morgan fingerprint density at radius 2 is 1.87 bits per heavy atom. The number of hydrogen-bond donors (Lipinski definition) is 0. The number of hydrogen-bond acceptors (Lipinski definition) is 1. The normalized spacial score (nSPS) is 10.7. The first-order valence-corrected chi connectivity index (χ1v) is 4.38. The maximum absolute atomic E-state index is 12.5. The van der Waals surface area contributed by atoms with Crippen molar-refractivity contribution in [1.29, 1.82) is 0 Å². The van der Waals surface area contributed by atoms with Gasteiger partial charge in [0, 0.05) is 0 Å². The summed E-state index contributed by atoms with van der Waals surface area (Å²) in [5.74, 6) is -0.0781. The minimum absolute atomic E-state index is 0. The number of rotatable bonds is 3. The molecule has 0 radical (unpaired) electrons. The maximum Gasteiger partial charge on any atom is 1.00 e. The molecule has 0 amide bonds. The second-order valence-corrected chi connectivity index (χ2v) is 3.05. The van der Waals surface area contributed by atoms with Crippen LogP contribution in [0.1, 0.15) is 12.5 Å². The molecule has 1 aromatic rings. The van der Waals surface area contributed by atoms with Crippen molar-refractivity contribution < 1.29 is 69.1 Å². The minimum Gasteiger partial charge on any atom is -0.497 e. The summed E-state index contributed by atoms with van der Waals surface area (Å²) in [5, 5.41) is 0. The molecule has 0 N–H and O–H groups in total. The quantitative estimate of drug-likeness (QED) is 0.646. The van der Waals surface area contributed by atoms with Crippen molar-refractivity contribution in [2.75, 3.05) is 6.61 Å². The first kappa shape index (κ1) is 15.5. The van der Waals surface area contributed by atoms with Gasteiger partial charge < -0.3 is 17.7 Å². The third kappa shape index (κ3) is 4.48. The van der Waals surface area contributed by atoms with Gasteiger partial charge in [-0.25, -0.2) is 0 Å². The average molecular weight is 242 g/mol. The molecule has 1 rings (SSSR count). The second-order valence-electron chi connectivity index (χ2n) is 3.05.